The number of rotatable bonds is 7. The molecule has 4 aromatic rings. The third kappa shape index (κ3) is 2.62. The van der Waals surface area contributed by atoms with E-state index in [2.05, 4.69) is 69.8 Å². The Morgan fingerprint density at radius 3 is 1.58 bits per heavy atom. The molecule has 14 heteroatoms. The highest BCUT2D eigenvalue weighted by Crippen LogP contribution is 2.21. The lowest BCUT2D eigenvalue weighted by molar-refractivity contribution is 0.309. The van der Waals surface area contributed by atoms with E-state index >= 15 is 0 Å². The van der Waals surface area contributed by atoms with Gasteiger partial charge in [-0.2, -0.15) is 9.97 Å². The molecule has 14 nitrogen and oxygen atoms in total. The molecule has 0 saturated carbocycles. The van der Waals surface area contributed by atoms with Crippen LogP contribution in [-0.2, 0) is 0 Å². The molecule has 0 fully saturated rings. The summed E-state index contributed by atoms with van der Waals surface area (Å²) in [5.74, 6) is 1.31. The van der Waals surface area contributed by atoms with Crippen LogP contribution in [0.25, 0.3) is 23.0 Å². The summed E-state index contributed by atoms with van der Waals surface area (Å²) in [7, 11) is 0. The fraction of sp³-hybridized carbons (Fsp3) is 0.200. The van der Waals surface area contributed by atoms with E-state index in [0.29, 0.717) is 36.1 Å². The lowest BCUT2D eigenvalue weighted by atomic mass is 10.4. The van der Waals surface area contributed by atoms with Gasteiger partial charge in [0.1, 0.15) is 0 Å². The molecule has 4 heterocycles. The minimum absolute atomic E-state index is 0.270. The molecule has 0 aliphatic carbocycles. The topological polar surface area (TPSA) is 180 Å². The van der Waals surface area contributed by atoms with Gasteiger partial charge in [-0.25, -0.2) is 9.26 Å². The van der Waals surface area contributed by atoms with E-state index in [9.17, 15) is 0 Å². The van der Waals surface area contributed by atoms with Crippen LogP contribution >= 0.6 is 0 Å². The van der Waals surface area contributed by atoms with Gasteiger partial charge in [0, 0.05) is 13.1 Å². The molecule has 0 aromatic carbocycles. The summed E-state index contributed by atoms with van der Waals surface area (Å²) < 4.78 is 18.7. The molecule has 4 rings (SSSR count). The number of anilines is 2. The molecule has 0 radical (unpaired) electrons. The van der Waals surface area contributed by atoms with Crippen molar-refractivity contribution in [2.24, 2.45) is 0 Å². The largest absolute Gasteiger partial charge is 0.363 e. The van der Waals surface area contributed by atoms with Crippen molar-refractivity contribution in [3.8, 4) is 23.0 Å². The van der Waals surface area contributed by atoms with Crippen LogP contribution in [0, 0.1) is 0 Å². The molecular weight excluding hydrogens is 324 g/mol. The molecule has 2 N–H and O–H groups in total. The summed E-state index contributed by atoms with van der Waals surface area (Å²) in [6.45, 7) is 0.912. The van der Waals surface area contributed by atoms with Crippen LogP contribution in [0.3, 0.4) is 0 Å². The quantitative estimate of drug-likeness (QED) is 0.434. The van der Waals surface area contributed by atoms with E-state index in [1.807, 2.05) is 0 Å². The first kappa shape index (κ1) is 13.8. The lowest BCUT2D eigenvalue weighted by Crippen LogP contribution is -2.15. The first-order valence-corrected chi connectivity index (χ1v) is 6.58. The molecule has 4 aromatic heterocycles. The molecule has 0 amide bonds. The monoisotopic (exact) mass is 332 g/mol. The molecule has 0 aliphatic heterocycles. The van der Waals surface area contributed by atoms with Crippen molar-refractivity contribution in [1.29, 1.82) is 0 Å². The van der Waals surface area contributed by atoms with E-state index in [-0.39, 0.29) is 11.6 Å². The number of nitrogens with zero attached hydrogens (tertiary/aromatic N) is 8. The molecule has 0 bridgehead atoms. The fourth-order valence-corrected chi connectivity index (χ4v) is 1.81. The second kappa shape index (κ2) is 6.11. The standard InChI is InChI=1S/C10H8N10O4/c1(11-7-5(15-23-19-7)9-13-3-21-17-9)2-12-8-6(16-24-20-8)10-14-4-22-18-10/h3-4H,1-2H2,(H,11,19)(H,12,20). The highest BCUT2D eigenvalue weighted by atomic mass is 16.6. The summed E-state index contributed by atoms with van der Waals surface area (Å²) in [5, 5.41) is 28.3. The molecule has 122 valence electrons. The van der Waals surface area contributed by atoms with Gasteiger partial charge in [0.15, 0.2) is 11.4 Å². The average Bonchev–Trinajstić information content (AvgIpc) is 3.40. The first-order chi connectivity index (χ1) is 11.9. The van der Waals surface area contributed by atoms with Crippen LogP contribution in [0.4, 0.5) is 11.6 Å². The maximum Gasteiger partial charge on any atom is 0.228 e. The molecule has 0 saturated heterocycles. The minimum atomic E-state index is 0.270. The predicted octanol–water partition coefficient (Wildman–Crippen LogP) is 0.0766. The van der Waals surface area contributed by atoms with E-state index in [1.165, 1.54) is 12.8 Å². The Morgan fingerprint density at radius 1 is 0.667 bits per heavy atom. The van der Waals surface area contributed by atoms with E-state index in [0.717, 1.165) is 0 Å². The minimum Gasteiger partial charge on any atom is -0.363 e. The van der Waals surface area contributed by atoms with Crippen molar-refractivity contribution in [3.63, 3.8) is 0 Å². The third-order valence-corrected chi connectivity index (χ3v) is 2.83. The van der Waals surface area contributed by atoms with Gasteiger partial charge in [-0.1, -0.05) is 10.3 Å². The predicted molar refractivity (Wildman–Crippen MR) is 72.2 cm³/mol. The average molecular weight is 332 g/mol. The first-order valence-electron chi connectivity index (χ1n) is 6.58. The Labute approximate surface area is 131 Å². The van der Waals surface area contributed by atoms with Crippen molar-refractivity contribution < 1.29 is 18.3 Å². The van der Waals surface area contributed by atoms with Gasteiger partial charge in [0.05, 0.1) is 0 Å². The van der Waals surface area contributed by atoms with Crippen molar-refractivity contribution >= 4 is 11.6 Å². The van der Waals surface area contributed by atoms with Crippen LogP contribution < -0.4 is 10.6 Å². The summed E-state index contributed by atoms with van der Waals surface area (Å²) in [4.78, 5) is 7.76. The van der Waals surface area contributed by atoms with Crippen LogP contribution in [0.5, 0.6) is 0 Å². The Morgan fingerprint density at radius 2 is 1.17 bits per heavy atom. The zero-order valence-corrected chi connectivity index (χ0v) is 11.8. The highest BCUT2D eigenvalue weighted by Gasteiger charge is 2.17. The maximum absolute atomic E-state index is 4.67. The summed E-state index contributed by atoms with van der Waals surface area (Å²) in [6, 6.07) is 0. The Kier molecular flexibility index (Phi) is 3.51. The molecule has 0 unspecified atom stereocenters. The van der Waals surface area contributed by atoms with Gasteiger partial charge < -0.3 is 19.7 Å². The zero-order valence-electron chi connectivity index (χ0n) is 11.8. The molecule has 0 spiro atoms. The lowest BCUT2D eigenvalue weighted by Gasteiger charge is -2.04. The van der Waals surface area contributed by atoms with Gasteiger partial charge in [-0.3, -0.25) is 0 Å². The van der Waals surface area contributed by atoms with Crippen molar-refractivity contribution in [2.45, 2.75) is 0 Å². The van der Waals surface area contributed by atoms with Crippen LogP contribution in [0.15, 0.2) is 31.1 Å². The number of hydrogen-bond donors (Lipinski definition) is 2. The normalized spacial score (nSPS) is 10.8. The molecular formula is C10H8N10O4. The van der Waals surface area contributed by atoms with E-state index < -0.39 is 0 Å². The van der Waals surface area contributed by atoms with Crippen LogP contribution in [0.2, 0.25) is 0 Å². The van der Waals surface area contributed by atoms with Crippen LogP contribution in [-0.4, -0.2) is 54.0 Å². The SMILES string of the molecule is c1nc(-c2nonc2NCCNc2nonc2-c2ncon2)no1. The summed E-state index contributed by atoms with van der Waals surface area (Å²) >= 11 is 0. The summed E-state index contributed by atoms with van der Waals surface area (Å²) in [6.07, 6.45) is 2.37. The van der Waals surface area contributed by atoms with Crippen molar-refractivity contribution in [2.75, 3.05) is 23.7 Å². The van der Waals surface area contributed by atoms with Crippen molar-refractivity contribution in [3.05, 3.63) is 12.8 Å². The highest BCUT2D eigenvalue weighted by molar-refractivity contribution is 5.65. The van der Waals surface area contributed by atoms with Gasteiger partial charge in [-0.05, 0) is 20.6 Å². The van der Waals surface area contributed by atoms with Gasteiger partial charge in [0.25, 0.3) is 0 Å². The van der Waals surface area contributed by atoms with E-state index in [1.54, 1.807) is 0 Å². The third-order valence-electron chi connectivity index (χ3n) is 2.83. The number of aromatic nitrogens is 8. The Balaban J connectivity index is 1.35. The van der Waals surface area contributed by atoms with Crippen molar-refractivity contribution in [1.82, 2.24) is 40.9 Å². The molecule has 24 heavy (non-hydrogen) atoms. The van der Waals surface area contributed by atoms with Gasteiger partial charge in [-0.15, -0.1) is 0 Å². The van der Waals surface area contributed by atoms with E-state index in [4.69, 9.17) is 0 Å². The summed E-state index contributed by atoms with van der Waals surface area (Å²) in [5.41, 5.74) is 0.693. The van der Waals surface area contributed by atoms with Gasteiger partial charge >= 0.3 is 0 Å². The Hall–Kier alpha value is -3.84. The zero-order chi connectivity index (χ0) is 16.2. The Bertz CT molecular complexity index is 808. The second-order valence-electron chi connectivity index (χ2n) is 4.29. The van der Waals surface area contributed by atoms with Crippen LogP contribution in [0.1, 0.15) is 0 Å². The smallest absolute Gasteiger partial charge is 0.228 e. The maximum atomic E-state index is 4.67. The van der Waals surface area contributed by atoms with Gasteiger partial charge in [0.2, 0.25) is 36.1 Å². The number of hydrogen-bond acceptors (Lipinski definition) is 14. The fourth-order valence-electron chi connectivity index (χ4n) is 1.81. The number of nitrogens with one attached hydrogen (secondary N) is 2. The second-order valence-corrected chi connectivity index (χ2v) is 4.29. The molecule has 0 atom stereocenters. The molecule has 0 aliphatic rings.